The topological polar surface area (TPSA) is 12.5 Å². The lowest BCUT2D eigenvalue weighted by molar-refractivity contribution is -0.163. The zero-order valence-corrected chi connectivity index (χ0v) is 9.04. The number of hydrogen-bond donors (Lipinski definition) is 1. The largest absolute Gasteiger partial charge is 0.298 e. The number of fused-ring (bicyclic) bond motifs is 1. The highest BCUT2D eigenvalue weighted by Crippen LogP contribution is 2.18. The van der Waals surface area contributed by atoms with Gasteiger partial charge in [-0.15, -0.1) is 0 Å². The summed E-state index contributed by atoms with van der Waals surface area (Å²) in [7, 11) is 0. The highest BCUT2D eigenvalue weighted by molar-refractivity contribution is 7.80. The molecule has 2 nitrogen and oxygen atoms in total. The van der Waals surface area contributed by atoms with E-state index in [9.17, 15) is 0 Å². The molecule has 1 aromatic carbocycles. The van der Waals surface area contributed by atoms with Crippen LogP contribution < -0.4 is 0 Å². The van der Waals surface area contributed by atoms with Gasteiger partial charge in [0.05, 0.1) is 6.61 Å². The van der Waals surface area contributed by atoms with E-state index >= 15 is 0 Å². The Morgan fingerprint density at radius 2 is 2.07 bits per heavy atom. The Kier molecular flexibility index (Phi) is 3.45. The maximum absolute atomic E-state index is 5.55. The monoisotopic (exact) mass is 209 g/mol. The Labute approximate surface area is 90.2 Å². The first kappa shape index (κ1) is 10.0. The minimum Gasteiger partial charge on any atom is -0.298 e. The van der Waals surface area contributed by atoms with Crippen molar-refractivity contribution in [2.24, 2.45) is 0 Å². The first-order valence-electron chi connectivity index (χ1n) is 4.95. The van der Waals surface area contributed by atoms with Crippen LogP contribution in [0.25, 0.3) is 0 Å². The molecular weight excluding hydrogens is 194 g/mol. The van der Waals surface area contributed by atoms with Gasteiger partial charge in [-0.2, -0.15) is 17.7 Å². The van der Waals surface area contributed by atoms with Gasteiger partial charge in [-0.3, -0.25) is 4.84 Å². The molecule has 1 aliphatic rings. The quantitative estimate of drug-likeness (QED) is 0.763. The smallest absolute Gasteiger partial charge is 0.0773 e. The van der Waals surface area contributed by atoms with E-state index in [0.717, 1.165) is 25.3 Å². The molecule has 0 N–H and O–H groups in total. The predicted molar refractivity (Wildman–Crippen MR) is 60.4 cm³/mol. The lowest BCUT2D eigenvalue weighted by Gasteiger charge is -2.27. The van der Waals surface area contributed by atoms with Crippen LogP contribution in [0.5, 0.6) is 0 Å². The van der Waals surface area contributed by atoms with Crippen molar-refractivity contribution in [3.8, 4) is 0 Å². The van der Waals surface area contributed by atoms with Crippen molar-refractivity contribution < 1.29 is 4.84 Å². The van der Waals surface area contributed by atoms with E-state index in [-0.39, 0.29) is 0 Å². The van der Waals surface area contributed by atoms with E-state index in [4.69, 9.17) is 4.84 Å². The minimum atomic E-state index is 0.700. The number of rotatable bonds is 3. The van der Waals surface area contributed by atoms with Gasteiger partial charge in [0.25, 0.3) is 0 Å². The summed E-state index contributed by atoms with van der Waals surface area (Å²) in [5.74, 6) is 0.776. The fourth-order valence-electron chi connectivity index (χ4n) is 1.75. The summed E-state index contributed by atoms with van der Waals surface area (Å²) in [6.07, 6.45) is 1.09. The third-order valence-electron chi connectivity index (χ3n) is 2.46. The molecule has 0 aliphatic carbocycles. The molecule has 0 aromatic heterocycles. The zero-order chi connectivity index (χ0) is 9.80. The average molecular weight is 209 g/mol. The number of thiol groups is 1. The van der Waals surface area contributed by atoms with Crippen molar-refractivity contribution in [3.05, 3.63) is 35.4 Å². The van der Waals surface area contributed by atoms with Crippen LogP contribution in [0.2, 0.25) is 0 Å². The summed E-state index contributed by atoms with van der Waals surface area (Å²) in [5.41, 5.74) is 2.84. The molecule has 76 valence electrons. The van der Waals surface area contributed by atoms with Crippen LogP contribution in [0.4, 0.5) is 0 Å². The van der Waals surface area contributed by atoms with Crippen LogP contribution in [0, 0.1) is 0 Å². The van der Waals surface area contributed by atoms with Crippen molar-refractivity contribution in [1.29, 1.82) is 0 Å². The molecule has 0 saturated carbocycles. The molecule has 1 aromatic rings. The molecule has 0 spiro atoms. The third-order valence-corrected chi connectivity index (χ3v) is 2.64. The fourth-order valence-corrected chi connectivity index (χ4v) is 1.83. The molecule has 0 saturated heterocycles. The first-order chi connectivity index (χ1) is 6.90. The Bertz CT molecular complexity index is 303. The van der Waals surface area contributed by atoms with Gasteiger partial charge in [-0.05, 0) is 17.5 Å². The van der Waals surface area contributed by atoms with Gasteiger partial charge in [0.2, 0.25) is 0 Å². The molecule has 14 heavy (non-hydrogen) atoms. The van der Waals surface area contributed by atoms with Gasteiger partial charge in [0, 0.05) is 18.8 Å². The summed E-state index contributed by atoms with van der Waals surface area (Å²) >= 11 is 4.12. The normalized spacial score (nSPS) is 16.6. The summed E-state index contributed by atoms with van der Waals surface area (Å²) in [6.45, 7) is 2.60. The lowest BCUT2D eigenvalue weighted by atomic mass is 10.0. The second kappa shape index (κ2) is 4.82. The van der Waals surface area contributed by atoms with E-state index in [1.807, 2.05) is 5.06 Å². The molecule has 0 fully saturated rings. The maximum atomic E-state index is 5.55. The van der Waals surface area contributed by atoms with Gasteiger partial charge >= 0.3 is 0 Å². The van der Waals surface area contributed by atoms with Gasteiger partial charge in [-0.25, -0.2) is 0 Å². The van der Waals surface area contributed by atoms with Crippen molar-refractivity contribution >= 4 is 12.6 Å². The molecule has 0 radical (unpaired) electrons. The molecule has 3 heteroatoms. The number of nitrogens with zero attached hydrogens (tertiary/aromatic N) is 1. The molecule has 1 heterocycles. The van der Waals surface area contributed by atoms with E-state index in [1.165, 1.54) is 11.1 Å². The molecule has 0 unspecified atom stereocenters. The van der Waals surface area contributed by atoms with Crippen LogP contribution in [0.15, 0.2) is 24.3 Å². The van der Waals surface area contributed by atoms with E-state index in [0.29, 0.717) is 6.61 Å². The second-order valence-corrected chi connectivity index (χ2v) is 3.89. The Morgan fingerprint density at radius 3 is 2.86 bits per heavy atom. The van der Waals surface area contributed by atoms with Gasteiger partial charge in [0.1, 0.15) is 0 Å². The average Bonchev–Trinajstić information content (AvgIpc) is 2.26. The van der Waals surface area contributed by atoms with Crippen molar-refractivity contribution in [1.82, 2.24) is 5.06 Å². The highest BCUT2D eigenvalue weighted by Gasteiger charge is 2.15. The molecule has 1 aliphatic heterocycles. The molecule has 0 atom stereocenters. The molecular formula is C11H15NOS. The number of hydroxylamine groups is 2. The maximum Gasteiger partial charge on any atom is 0.0773 e. The highest BCUT2D eigenvalue weighted by atomic mass is 32.1. The summed E-state index contributed by atoms with van der Waals surface area (Å²) < 4.78 is 0. The fraction of sp³-hybridized carbons (Fsp3) is 0.455. The van der Waals surface area contributed by atoms with Crippen LogP contribution in [-0.4, -0.2) is 24.0 Å². The van der Waals surface area contributed by atoms with Crippen LogP contribution in [0.1, 0.15) is 11.1 Å². The van der Waals surface area contributed by atoms with E-state index in [2.05, 4.69) is 36.9 Å². The van der Waals surface area contributed by atoms with Gasteiger partial charge < -0.3 is 0 Å². The van der Waals surface area contributed by atoms with Crippen LogP contribution in [-0.2, 0) is 17.8 Å². The SMILES string of the molecule is SCCON1CCc2ccccc2C1. The van der Waals surface area contributed by atoms with Gasteiger partial charge in [-0.1, -0.05) is 24.3 Å². The predicted octanol–water partition coefficient (Wildman–Crippen LogP) is 1.91. The number of benzene rings is 1. The lowest BCUT2D eigenvalue weighted by Crippen LogP contribution is -2.31. The standard InChI is InChI=1S/C11H15NOS/c14-8-7-13-12-6-5-10-3-1-2-4-11(10)9-12/h1-4,14H,5-9H2. The van der Waals surface area contributed by atoms with Crippen LogP contribution >= 0.6 is 12.6 Å². The first-order valence-corrected chi connectivity index (χ1v) is 5.59. The van der Waals surface area contributed by atoms with Crippen LogP contribution in [0.3, 0.4) is 0 Å². The Morgan fingerprint density at radius 1 is 1.29 bits per heavy atom. The summed E-state index contributed by atoms with van der Waals surface area (Å²) in [5, 5.41) is 2.03. The van der Waals surface area contributed by atoms with Gasteiger partial charge in [0.15, 0.2) is 0 Å². The Balaban J connectivity index is 1.99. The van der Waals surface area contributed by atoms with E-state index in [1.54, 1.807) is 0 Å². The Hall–Kier alpha value is -0.510. The minimum absolute atomic E-state index is 0.700. The van der Waals surface area contributed by atoms with Crippen molar-refractivity contribution in [2.45, 2.75) is 13.0 Å². The second-order valence-electron chi connectivity index (χ2n) is 3.44. The van der Waals surface area contributed by atoms with Crippen molar-refractivity contribution in [3.63, 3.8) is 0 Å². The molecule has 2 rings (SSSR count). The summed E-state index contributed by atoms with van der Waals surface area (Å²) in [4.78, 5) is 5.55. The van der Waals surface area contributed by atoms with E-state index < -0.39 is 0 Å². The third kappa shape index (κ3) is 2.29. The number of hydrogen-bond acceptors (Lipinski definition) is 3. The summed E-state index contributed by atoms with van der Waals surface area (Å²) in [6, 6.07) is 8.56. The molecule has 0 bridgehead atoms. The zero-order valence-electron chi connectivity index (χ0n) is 8.15. The van der Waals surface area contributed by atoms with Crippen molar-refractivity contribution in [2.75, 3.05) is 18.9 Å². The molecule has 0 amide bonds.